The first-order valence-corrected chi connectivity index (χ1v) is 10.7. The molecule has 0 bridgehead atoms. The number of benzene rings is 2. The molecule has 0 spiro atoms. The van der Waals surface area contributed by atoms with Crippen LogP contribution in [0, 0.1) is 0 Å². The van der Waals surface area contributed by atoms with Crippen molar-refractivity contribution in [3.63, 3.8) is 0 Å². The first-order valence-electron chi connectivity index (χ1n) is 10.7. The van der Waals surface area contributed by atoms with E-state index in [9.17, 15) is 9.59 Å². The molecular weight excluding hydrogens is 402 g/mol. The van der Waals surface area contributed by atoms with Crippen LogP contribution in [0.15, 0.2) is 73.1 Å². The van der Waals surface area contributed by atoms with Crippen LogP contribution in [0.2, 0.25) is 0 Å². The Labute approximate surface area is 188 Å². The van der Waals surface area contributed by atoms with Crippen LogP contribution in [-0.4, -0.2) is 35.7 Å². The Balaban J connectivity index is 1.56. The van der Waals surface area contributed by atoms with Gasteiger partial charge in [-0.25, -0.2) is 4.79 Å². The van der Waals surface area contributed by atoms with Crippen molar-refractivity contribution in [2.75, 3.05) is 22.9 Å². The van der Waals surface area contributed by atoms with Crippen molar-refractivity contribution >= 4 is 23.4 Å². The number of pyridine rings is 1. The maximum atomic E-state index is 13.3. The van der Waals surface area contributed by atoms with Crippen LogP contribution in [0.4, 0.5) is 16.2 Å². The number of hydrogen-bond donors (Lipinski definition) is 0. The molecule has 6 nitrogen and oxygen atoms in total. The Hall–Kier alpha value is -3.67. The molecule has 0 saturated carbocycles. The van der Waals surface area contributed by atoms with Crippen molar-refractivity contribution in [2.45, 2.75) is 32.8 Å². The predicted octanol–water partition coefficient (Wildman–Crippen LogP) is 5.08. The van der Waals surface area contributed by atoms with Crippen LogP contribution < -0.4 is 9.80 Å². The van der Waals surface area contributed by atoms with Crippen LogP contribution in [0.5, 0.6) is 0 Å². The monoisotopic (exact) mass is 429 g/mol. The number of hydrogen-bond acceptors (Lipinski definition) is 4. The molecule has 0 radical (unpaired) electrons. The molecular formula is C26H27N3O3. The number of nitrogens with zero attached hydrogens (tertiary/aromatic N) is 3. The quantitative estimate of drug-likeness (QED) is 0.580. The van der Waals surface area contributed by atoms with Crippen LogP contribution >= 0.6 is 0 Å². The highest BCUT2D eigenvalue weighted by Crippen LogP contribution is 2.32. The molecule has 0 unspecified atom stereocenters. The first kappa shape index (κ1) is 21.6. The summed E-state index contributed by atoms with van der Waals surface area (Å²) in [5.41, 5.74) is 4.17. The number of ether oxygens (including phenoxy) is 1. The Morgan fingerprint density at radius 2 is 1.72 bits per heavy atom. The van der Waals surface area contributed by atoms with Gasteiger partial charge < -0.3 is 9.64 Å². The molecule has 0 atom stereocenters. The average molecular weight is 430 g/mol. The fraction of sp³-hybridized carbons (Fsp3) is 0.269. The molecule has 6 heteroatoms. The van der Waals surface area contributed by atoms with E-state index in [0.29, 0.717) is 12.2 Å². The zero-order valence-electron chi connectivity index (χ0n) is 18.6. The van der Waals surface area contributed by atoms with Crippen LogP contribution in [0.25, 0.3) is 11.1 Å². The van der Waals surface area contributed by atoms with Crippen molar-refractivity contribution in [3.8, 4) is 11.1 Å². The normalized spacial score (nSPS) is 12.9. The number of amides is 2. The second-order valence-corrected chi connectivity index (χ2v) is 8.78. The lowest BCUT2D eigenvalue weighted by Gasteiger charge is -2.28. The summed E-state index contributed by atoms with van der Waals surface area (Å²) in [5, 5.41) is 0. The second-order valence-electron chi connectivity index (χ2n) is 8.78. The molecule has 0 aliphatic carbocycles. The molecule has 2 heterocycles. The van der Waals surface area contributed by atoms with E-state index in [1.807, 2.05) is 63.2 Å². The van der Waals surface area contributed by atoms with E-state index in [0.717, 1.165) is 28.8 Å². The average Bonchev–Trinajstić information content (AvgIpc) is 3.20. The number of aromatic nitrogens is 1. The molecule has 2 aromatic carbocycles. The maximum absolute atomic E-state index is 13.3. The molecule has 3 aromatic rings. The van der Waals surface area contributed by atoms with Gasteiger partial charge in [0.05, 0.1) is 0 Å². The number of rotatable bonds is 4. The van der Waals surface area contributed by atoms with Gasteiger partial charge in [-0.2, -0.15) is 0 Å². The largest absolute Gasteiger partial charge is 0.443 e. The second kappa shape index (κ2) is 8.83. The standard InChI is InChI=1S/C26H27N3O3/c1-26(2,3)32-25(31)29(22-7-5-4-6-8-22)18-24(30)28-16-13-21-17-20(9-10-23(21)28)19-11-14-27-15-12-19/h4-12,14-15,17H,13,16,18H2,1-3H3. The zero-order chi connectivity index (χ0) is 22.7. The Kier molecular flexibility index (Phi) is 5.95. The first-order chi connectivity index (χ1) is 15.3. The highest BCUT2D eigenvalue weighted by Gasteiger charge is 2.30. The summed E-state index contributed by atoms with van der Waals surface area (Å²) in [5.74, 6) is -0.143. The Morgan fingerprint density at radius 1 is 1.00 bits per heavy atom. The van der Waals surface area contributed by atoms with Crippen LogP contribution in [0.1, 0.15) is 26.3 Å². The number of para-hydroxylation sites is 1. The SMILES string of the molecule is CC(C)(C)OC(=O)N(CC(=O)N1CCc2cc(-c3ccncc3)ccc21)c1ccccc1. The molecule has 1 aromatic heterocycles. The fourth-order valence-electron chi connectivity index (χ4n) is 3.79. The summed E-state index contributed by atoms with van der Waals surface area (Å²) in [6.45, 7) is 5.93. The van der Waals surface area contributed by atoms with Gasteiger partial charge in [0.15, 0.2) is 0 Å². The summed E-state index contributed by atoms with van der Waals surface area (Å²) in [4.78, 5) is 33.4. The van der Waals surface area contributed by atoms with E-state index in [1.54, 1.807) is 29.4 Å². The van der Waals surface area contributed by atoms with Crippen molar-refractivity contribution in [1.82, 2.24) is 4.98 Å². The lowest BCUT2D eigenvalue weighted by atomic mass is 10.0. The topological polar surface area (TPSA) is 62.7 Å². The fourth-order valence-corrected chi connectivity index (χ4v) is 3.79. The van der Waals surface area contributed by atoms with E-state index in [-0.39, 0.29) is 12.5 Å². The van der Waals surface area contributed by atoms with E-state index in [4.69, 9.17) is 4.74 Å². The van der Waals surface area contributed by atoms with Gasteiger partial charge in [-0.05, 0) is 80.3 Å². The smallest absolute Gasteiger partial charge is 0.415 e. The summed E-state index contributed by atoms with van der Waals surface area (Å²) >= 11 is 0. The van der Waals surface area contributed by atoms with Gasteiger partial charge in [0, 0.05) is 30.3 Å². The molecule has 4 rings (SSSR count). The molecule has 0 fully saturated rings. The van der Waals surface area contributed by atoms with Gasteiger partial charge in [0.25, 0.3) is 0 Å². The molecule has 0 N–H and O–H groups in total. The molecule has 0 saturated heterocycles. The van der Waals surface area contributed by atoms with Gasteiger partial charge in [0.2, 0.25) is 5.91 Å². The van der Waals surface area contributed by atoms with Gasteiger partial charge in [-0.1, -0.05) is 24.3 Å². The summed E-state index contributed by atoms with van der Waals surface area (Å²) in [6.07, 6.45) is 3.78. The Bertz CT molecular complexity index is 1110. The predicted molar refractivity (Wildman–Crippen MR) is 126 cm³/mol. The van der Waals surface area contributed by atoms with E-state index < -0.39 is 11.7 Å². The van der Waals surface area contributed by atoms with E-state index >= 15 is 0 Å². The summed E-state index contributed by atoms with van der Waals surface area (Å²) < 4.78 is 5.56. The zero-order valence-corrected chi connectivity index (χ0v) is 18.6. The molecule has 32 heavy (non-hydrogen) atoms. The minimum Gasteiger partial charge on any atom is -0.443 e. The van der Waals surface area contributed by atoms with Crippen molar-refractivity contribution in [2.24, 2.45) is 0 Å². The minimum atomic E-state index is -0.656. The molecule has 2 amide bonds. The lowest BCUT2D eigenvalue weighted by molar-refractivity contribution is -0.117. The molecule has 164 valence electrons. The van der Waals surface area contributed by atoms with Gasteiger partial charge >= 0.3 is 6.09 Å². The summed E-state index contributed by atoms with van der Waals surface area (Å²) in [6, 6.07) is 19.2. The minimum absolute atomic E-state index is 0.0928. The molecule has 1 aliphatic rings. The third-order valence-electron chi connectivity index (χ3n) is 5.26. The van der Waals surface area contributed by atoms with E-state index in [2.05, 4.69) is 11.1 Å². The van der Waals surface area contributed by atoms with Crippen LogP contribution in [0.3, 0.4) is 0 Å². The van der Waals surface area contributed by atoms with Gasteiger partial charge in [-0.3, -0.25) is 14.7 Å². The van der Waals surface area contributed by atoms with Crippen LogP contribution in [-0.2, 0) is 16.0 Å². The number of anilines is 2. The van der Waals surface area contributed by atoms with Gasteiger partial charge in [-0.15, -0.1) is 0 Å². The van der Waals surface area contributed by atoms with Crippen molar-refractivity contribution < 1.29 is 14.3 Å². The summed E-state index contributed by atoms with van der Waals surface area (Å²) in [7, 11) is 0. The van der Waals surface area contributed by atoms with Crippen molar-refractivity contribution in [1.29, 1.82) is 0 Å². The highest BCUT2D eigenvalue weighted by atomic mass is 16.6. The maximum Gasteiger partial charge on any atom is 0.415 e. The Morgan fingerprint density at radius 3 is 2.41 bits per heavy atom. The molecule has 1 aliphatic heterocycles. The lowest BCUT2D eigenvalue weighted by Crippen LogP contribution is -2.44. The third-order valence-corrected chi connectivity index (χ3v) is 5.26. The number of fused-ring (bicyclic) bond motifs is 1. The third kappa shape index (κ3) is 4.80. The van der Waals surface area contributed by atoms with Crippen molar-refractivity contribution in [3.05, 3.63) is 78.6 Å². The number of carbonyl (C=O) groups is 2. The number of carbonyl (C=O) groups excluding carboxylic acids is 2. The van der Waals surface area contributed by atoms with Gasteiger partial charge in [0.1, 0.15) is 12.1 Å². The van der Waals surface area contributed by atoms with E-state index in [1.165, 1.54) is 4.90 Å². The highest BCUT2D eigenvalue weighted by molar-refractivity contribution is 6.03.